The lowest BCUT2D eigenvalue weighted by molar-refractivity contribution is 1.10. The molecule has 9 aromatic carbocycles. The first kappa shape index (κ1) is 29.2. The summed E-state index contributed by atoms with van der Waals surface area (Å²) in [7, 11) is 0. The summed E-state index contributed by atoms with van der Waals surface area (Å²) in [6, 6.07) is 66.1. The number of aromatic nitrogens is 2. The van der Waals surface area contributed by atoms with Gasteiger partial charge in [-0.3, -0.25) is 4.57 Å². The summed E-state index contributed by atoms with van der Waals surface area (Å²) in [4.78, 5) is 5.12. The summed E-state index contributed by atoms with van der Waals surface area (Å²) in [5, 5.41) is 10.3. The lowest BCUT2D eigenvalue weighted by Gasteiger charge is -2.18. The fourth-order valence-electron chi connectivity index (χ4n) is 8.25. The van der Waals surface area contributed by atoms with E-state index in [1.54, 1.807) is 0 Å². The van der Waals surface area contributed by atoms with E-state index in [4.69, 9.17) is 4.98 Å². The van der Waals surface area contributed by atoms with Crippen LogP contribution in [-0.2, 0) is 0 Å². The second-order valence-electron chi connectivity index (χ2n) is 13.5. The molecule has 0 atom stereocenters. The molecule has 0 N–H and O–H groups in total. The molecule has 0 aliphatic rings. The van der Waals surface area contributed by atoms with Gasteiger partial charge in [-0.05, 0) is 91.0 Å². The Morgan fingerprint density at radius 1 is 0.404 bits per heavy atom. The van der Waals surface area contributed by atoms with Gasteiger partial charge in [-0.2, -0.15) is 0 Å². The van der Waals surface area contributed by atoms with Crippen LogP contribution < -0.4 is 0 Å². The van der Waals surface area contributed by atoms with Gasteiger partial charge in [0.05, 0.1) is 11.0 Å². The van der Waals surface area contributed by atoms with Crippen LogP contribution in [0.3, 0.4) is 0 Å². The van der Waals surface area contributed by atoms with Gasteiger partial charge in [-0.25, -0.2) is 4.98 Å². The van der Waals surface area contributed by atoms with E-state index in [-0.39, 0.29) is 0 Å². The van der Waals surface area contributed by atoms with E-state index in [2.05, 4.69) is 187 Å². The van der Waals surface area contributed by atoms with Gasteiger partial charge >= 0.3 is 0 Å². The number of hydrogen-bond acceptors (Lipinski definition) is 2. The molecule has 52 heavy (non-hydrogen) atoms. The molecule has 0 aliphatic carbocycles. The van der Waals surface area contributed by atoms with Gasteiger partial charge in [-0.15, -0.1) is 11.3 Å². The van der Waals surface area contributed by atoms with Crippen molar-refractivity contribution < 1.29 is 0 Å². The highest BCUT2D eigenvalue weighted by Crippen LogP contribution is 2.46. The zero-order valence-electron chi connectivity index (χ0n) is 28.1. The predicted molar refractivity (Wildman–Crippen MR) is 223 cm³/mol. The first-order valence-corrected chi connectivity index (χ1v) is 18.5. The molecule has 0 saturated heterocycles. The Morgan fingerprint density at radius 3 is 1.71 bits per heavy atom. The largest absolute Gasteiger partial charge is 0.292 e. The highest BCUT2D eigenvalue weighted by atomic mass is 32.1. The first-order chi connectivity index (χ1) is 25.8. The van der Waals surface area contributed by atoms with Crippen molar-refractivity contribution in [1.82, 2.24) is 9.55 Å². The molecule has 2 nitrogen and oxygen atoms in total. The number of hydrogen-bond donors (Lipinski definition) is 0. The molecule has 0 saturated carbocycles. The summed E-state index contributed by atoms with van der Waals surface area (Å²) >= 11 is 1.90. The Hall–Kier alpha value is -6.55. The van der Waals surface area contributed by atoms with Gasteiger partial charge in [-0.1, -0.05) is 146 Å². The van der Waals surface area contributed by atoms with E-state index in [1.165, 1.54) is 74.7 Å². The Bertz CT molecular complexity index is 3110. The van der Waals surface area contributed by atoms with Crippen LogP contribution in [0, 0.1) is 0 Å². The van der Waals surface area contributed by atoms with Gasteiger partial charge in [0.15, 0.2) is 0 Å². The first-order valence-electron chi connectivity index (χ1n) is 17.7. The van der Waals surface area contributed by atoms with Crippen LogP contribution in [-0.4, -0.2) is 9.55 Å². The molecule has 0 spiro atoms. The van der Waals surface area contributed by atoms with Crippen molar-refractivity contribution in [2.75, 3.05) is 0 Å². The zero-order valence-corrected chi connectivity index (χ0v) is 28.9. The van der Waals surface area contributed by atoms with Crippen LogP contribution in [0.4, 0.5) is 0 Å². The lowest BCUT2D eigenvalue weighted by Crippen LogP contribution is -1.97. The van der Waals surface area contributed by atoms with Crippen LogP contribution in [0.25, 0.3) is 103 Å². The molecule has 0 radical (unpaired) electrons. The number of imidazole rings is 1. The Balaban J connectivity index is 1.10. The van der Waals surface area contributed by atoms with Gasteiger partial charge in [0, 0.05) is 31.4 Å². The van der Waals surface area contributed by atoms with Crippen molar-refractivity contribution in [2.45, 2.75) is 0 Å². The molecule has 2 heterocycles. The predicted octanol–water partition coefficient (Wildman–Crippen LogP) is 13.9. The average Bonchev–Trinajstić information content (AvgIpc) is 3.79. The van der Waals surface area contributed by atoms with E-state index in [0.29, 0.717) is 0 Å². The number of benzene rings is 9. The maximum Gasteiger partial charge on any atom is 0.145 e. The Kier molecular flexibility index (Phi) is 6.46. The van der Waals surface area contributed by atoms with Crippen molar-refractivity contribution in [3.8, 4) is 39.3 Å². The van der Waals surface area contributed by atoms with E-state index in [9.17, 15) is 0 Å². The minimum Gasteiger partial charge on any atom is -0.292 e. The zero-order chi connectivity index (χ0) is 34.2. The minimum absolute atomic E-state index is 0.938. The molecule has 0 amide bonds. The minimum atomic E-state index is 0.938. The summed E-state index contributed by atoms with van der Waals surface area (Å²) in [6.07, 6.45) is 0. The monoisotopic (exact) mass is 678 g/mol. The second kappa shape index (κ2) is 11.5. The molecule has 3 heteroatoms. The van der Waals surface area contributed by atoms with Crippen molar-refractivity contribution in [3.63, 3.8) is 0 Å². The summed E-state index contributed by atoms with van der Waals surface area (Å²) in [6.45, 7) is 0. The molecule has 11 aromatic rings. The van der Waals surface area contributed by atoms with Gasteiger partial charge in [0.1, 0.15) is 5.82 Å². The molecule has 11 rings (SSSR count). The van der Waals surface area contributed by atoms with E-state index < -0.39 is 0 Å². The molecule has 0 aliphatic heterocycles. The van der Waals surface area contributed by atoms with Gasteiger partial charge < -0.3 is 0 Å². The molecular weight excluding hydrogens is 649 g/mol. The number of thiophene rings is 1. The van der Waals surface area contributed by atoms with Crippen molar-refractivity contribution in [3.05, 3.63) is 182 Å². The maximum absolute atomic E-state index is 5.12. The summed E-state index contributed by atoms with van der Waals surface area (Å²) < 4.78 is 4.94. The third-order valence-electron chi connectivity index (χ3n) is 10.6. The molecule has 0 unspecified atom stereocenters. The van der Waals surface area contributed by atoms with Gasteiger partial charge in [0.2, 0.25) is 0 Å². The third-order valence-corrected chi connectivity index (χ3v) is 11.8. The molecule has 0 bridgehead atoms. The fraction of sp³-hybridized carbons (Fsp3) is 0. The molecule has 0 fully saturated rings. The van der Waals surface area contributed by atoms with Crippen molar-refractivity contribution >= 4 is 74.9 Å². The maximum atomic E-state index is 5.12. The number of fused-ring (bicyclic) bond motifs is 8. The van der Waals surface area contributed by atoms with Crippen LogP contribution in [0.1, 0.15) is 0 Å². The SMILES string of the molecule is c1ccc(-n2c(-c3ccc(-c4c5ccccc5c(-c5ccc6sc7c8ccccc8ccc7c6c5)c5ccccc45)cc3)nc3ccccc32)cc1. The van der Waals surface area contributed by atoms with Crippen LogP contribution >= 0.6 is 11.3 Å². The van der Waals surface area contributed by atoms with Crippen LogP contribution in [0.5, 0.6) is 0 Å². The van der Waals surface area contributed by atoms with Crippen molar-refractivity contribution in [1.29, 1.82) is 0 Å². The van der Waals surface area contributed by atoms with Crippen LogP contribution in [0.2, 0.25) is 0 Å². The smallest absolute Gasteiger partial charge is 0.145 e. The summed E-state index contributed by atoms with van der Waals surface area (Å²) in [5.41, 5.74) is 9.24. The van der Waals surface area contributed by atoms with Crippen LogP contribution in [0.15, 0.2) is 182 Å². The average molecular weight is 679 g/mol. The Morgan fingerprint density at radius 2 is 0.981 bits per heavy atom. The molecular formula is C49H30N2S. The molecule has 2 aromatic heterocycles. The lowest BCUT2D eigenvalue weighted by atomic mass is 9.85. The number of para-hydroxylation sites is 3. The number of rotatable bonds is 4. The topological polar surface area (TPSA) is 17.8 Å². The molecule has 242 valence electrons. The quantitative estimate of drug-likeness (QED) is 0.169. The fourth-order valence-corrected chi connectivity index (χ4v) is 9.47. The second-order valence-corrected chi connectivity index (χ2v) is 14.5. The van der Waals surface area contributed by atoms with Gasteiger partial charge in [0.25, 0.3) is 0 Å². The third kappa shape index (κ3) is 4.40. The van der Waals surface area contributed by atoms with Crippen molar-refractivity contribution in [2.24, 2.45) is 0 Å². The number of nitrogens with zero attached hydrogens (tertiary/aromatic N) is 2. The summed E-state index contributed by atoms with van der Waals surface area (Å²) in [5.74, 6) is 0.938. The highest BCUT2D eigenvalue weighted by Gasteiger charge is 2.19. The Labute approximate surface area is 304 Å². The van der Waals surface area contributed by atoms with E-state index in [0.717, 1.165) is 28.1 Å². The van der Waals surface area contributed by atoms with E-state index in [1.807, 2.05) is 11.3 Å². The normalized spacial score (nSPS) is 11.8. The van der Waals surface area contributed by atoms with E-state index >= 15 is 0 Å². The standard InChI is InChI=1S/C49H30N2S/c1-2-13-35(14-3-1)51-44-21-11-10-20-43(44)50-49(51)33-24-22-32(23-25-33)46-37-16-6-8-18-39(37)47(40-19-9-7-17-38(40)46)34-27-29-45-42(30-34)41-28-26-31-12-4-5-15-36(31)48(41)52-45/h1-30H. The highest BCUT2D eigenvalue weighted by molar-refractivity contribution is 7.26.